The van der Waals surface area contributed by atoms with Crippen molar-refractivity contribution in [2.45, 2.75) is 10.6 Å². The zero-order valence-corrected chi connectivity index (χ0v) is 18.2. The van der Waals surface area contributed by atoms with Crippen molar-refractivity contribution in [3.63, 3.8) is 0 Å². The average molecular weight is 450 g/mol. The first-order valence-electron chi connectivity index (χ1n) is 9.67. The molecule has 160 valence electrons. The van der Waals surface area contributed by atoms with Gasteiger partial charge in [0, 0.05) is 50.9 Å². The number of hydrogen-bond donors (Lipinski definition) is 0. The van der Waals surface area contributed by atoms with Crippen LogP contribution in [0.2, 0.25) is 0 Å². The number of benzene rings is 1. The smallest absolute Gasteiger partial charge is 0.252 e. The predicted molar refractivity (Wildman–Crippen MR) is 113 cm³/mol. The highest BCUT2D eigenvalue weighted by atomic mass is 32.2. The maximum absolute atomic E-state index is 13.0. The van der Waals surface area contributed by atoms with Crippen molar-refractivity contribution in [3.05, 3.63) is 41.8 Å². The summed E-state index contributed by atoms with van der Waals surface area (Å²) in [5, 5.41) is 1.73. The van der Waals surface area contributed by atoms with Crippen molar-refractivity contribution in [3.8, 4) is 5.75 Å². The van der Waals surface area contributed by atoms with Gasteiger partial charge in [0.25, 0.3) is 10.0 Å². The SMILES string of the molecule is COc1cccc(N2C[C@H](C(=O)N3CCN(S(=O)(=O)c4cccs4)CC3)CC2=O)c1. The minimum Gasteiger partial charge on any atom is -0.497 e. The number of carbonyl (C=O) groups is 2. The van der Waals surface area contributed by atoms with Gasteiger partial charge in [0.05, 0.1) is 13.0 Å². The van der Waals surface area contributed by atoms with E-state index in [1.165, 1.54) is 15.6 Å². The number of anilines is 1. The fourth-order valence-corrected chi connectivity index (χ4v) is 6.41. The van der Waals surface area contributed by atoms with E-state index >= 15 is 0 Å². The van der Waals surface area contributed by atoms with Crippen LogP contribution in [0.3, 0.4) is 0 Å². The molecule has 2 aromatic rings. The predicted octanol–water partition coefficient (Wildman–Crippen LogP) is 1.64. The van der Waals surface area contributed by atoms with Crippen molar-refractivity contribution in [2.75, 3.05) is 44.7 Å². The summed E-state index contributed by atoms with van der Waals surface area (Å²) >= 11 is 1.19. The van der Waals surface area contributed by atoms with Crippen LogP contribution < -0.4 is 9.64 Å². The number of piperazine rings is 1. The molecule has 2 amide bonds. The van der Waals surface area contributed by atoms with Crippen LogP contribution in [0.4, 0.5) is 5.69 Å². The Morgan fingerprint density at radius 1 is 1.13 bits per heavy atom. The zero-order valence-electron chi connectivity index (χ0n) is 16.6. The fourth-order valence-electron chi connectivity index (χ4n) is 3.85. The Hall–Kier alpha value is -2.43. The molecule has 0 spiro atoms. The van der Waals surface area contributed by atoms with Crippen molar-refractivity contribution >= 4 is 38.9 Å². The quantitative estimate of drug-likeness (QED) is 0.693. The summed E-state index contributed by atoms with van der Waals surface area (Å²) in [6.45, 7) is 1.48. The van der Waals surface area contributed by atoms with Gasteiger partial charge in [-0.25, -0.2) is 8.42 Å². The van der Waals surface area contributed by atoms with E-state index in [1.54, 1.807) is 46.6 Å². The first-order valence-corrected chi connectivity index (χ1v) is 12.0. The number of carbonyl (C=O) groups excluding carboxylic acids is 2. The van der Waals surface area contributed by atoms with E-state index in [9.17, 15) is 18.0 Å². The van der Waals surface area contributed by atoms with E-state index in [0.717, 1.165) is 0 Å². The molecule has 1 aromatic carbocycles. The van der Waals surface area contributed by atoms with Gasteiger partial charge in [-0.05, 0) is 23.6 Å². The standard InChI is InChI=1S/C20H23N3O5S2/c1-28-17-5-2-4-16(13-17)23-14-15(12-18(23)24)20(25)21-7-9-22(10-8-21)30(26,27)19-6-3-11-29-19/h2-6,11,13,15H,7-10,12,14H2,1H3/t15-/m1/s1. The van der Waals surface area contributed by atoms with Crippen LogP contribution in [-0.4, -0.2) is 69.3 Å². The Bertz CT molecular complexity index is 1030. The second kappa shape index (κ2) is 8.37. The summed E-state index contributed by atoms with van der Waals surface area (Å²) < 4.78 is 32.3. The van der Waals surface area contributed by atoms with Gasteiger partial charge in [-0.15, -0.1) is 11.3 Å². The van der Waals surface area contributed by atoms with E-state index in [-0.39, 0.29) is 31.3 Å². The highest BCUT2D eigenvalue weighted by Gasteiger charge is 2.39. The third-order valence-electron chi connectivity index (χ3n) is 5.48. The summed E-state index contributed by atoms with van der Waals surface area (Å²) in [7, 11) is -1.94. The zero-order chi connectivity index (χ0) is 21.3. The monoisotopic (exact) mass is 449 g/mol. The van der Waals surface area contributed by atoms with Crippen LogP contribution in [0.1, 0.15) is 6.42 Å². The Morgan fingerprint density at radius 2 is 1.90 bits per heavy atom. The molecule has 30 heavy (non-hydrogen) atoms. The molecule has 0 aliphatic carbocycles. The van der Waals surface area contributed by atoms with Gasteiger partial charge in [-0.2, -0.15) is 4.31 Å². The molecule has 2 aliphatic heterocycles. The number of amides is 2. The molecular formula is C20H23N3O5S2. The highest BCUT2D eigenvalue weighted by molar-refractivity contribution is 7.91. The second-order valence-corrected chi connectivity index (χ2v) is 10.4. The molecule has 0 bridgehead atoms. The Kier molecular flexibility index (Phi) is 5.81. The van der Waals surface area contributed by atoms with Gasteiger partial charge < -0.3 is 14.5 Å². The molecule has 10 heteroatoms. The molecule has 2 aliphatic rings. The van der Waals surface area contributed by atoms with Crippen molar-refractivity contribution in [1.29, 1.82) is 0 Å². The Balaban J connectivity index is 1.38. The fraction of sp³-hybridized carbons (Fsp3) is 0.400. The Labute approximate surface area is 179 Å². The molecular weight excluding hydrogens is 426 g/mol. The van der Waals surface area contributed by atoms with E-state index in [4.69, 9.17) is 4.74 Å². The first kappa shape index (κ1) is 20.8. The van der Waals surface area contributed by atoms with E-state index in [0.29, 0.717) is 35.3 Å². The molecule has 3 heterocycles. The van der Waals surface area contributed by atoms with Gasteiger partial charge in [-0.3, -0.25) is 9.59 Å². The van der Waals surface area contributed by atoms with Crippen molar-refractivity contribution < 1.29 is 22.7 Å². The summed E-state index contributed by atoms with van der Waals surface area (Å²) in [4.78, 5) is 28.8. The summed E-state index contributed by atoms with van der Waals surface area (Å²) in [6, 6.07) is 10.5. The molecule has 0 N–H and O–H groups in total. The van der Waals surface area contributed by atoms with Gasteiger partial charge in [0.15, 0.2) is 0 Å². The number of sulfonamides is 1. The molecule has 8 nitrogen and oxygen atoms in total. The Morgan fingerprint density at radius 3 is 2.57 bits per heavy atom. The van der Waals surface area contributed by atoms with Gasteiger partial charge in [0.1, 0.15) is 9.96 Å². The molecule has 0 radical (unpaired) electrons. The topological polar surface area (TPSA) is 87.2 Å². The number of hydrogen-bond acceptors (Lipinski definition) is 6. The normalized spacial score (nSPS) is 20.6. The molecule has 1 atom stereocenters. The van der Waals surface area contributed by atoms with Gasteiger partial charge >= 0.3 is 0 Å². The summed E-state index contributed by atoms with van der Waals surface area (Å²) in [6.07, 6.45) is 0.156. The van der Waals surface area contributed by atoms with Crippen LogP contribution in [0, 0.1) is 5.92 Å². The number of thiophene rings is 1. The minimum atomic E-state index is -3.51. The maximum atomic E-state index is 13.0. The van der Waals surface area contributed by atoms with E-state index in [1.807, 2.05) is 12.1 Å². The third kappa shape index (κ3) is 3.94. The lowest BCUT2D eigenvalue weighted by Gasteiger charge is -2.34. The lowest BCUT2D eigenvalue weighted by molar-refractivity contribution is -0.136. The molecule has 2 fully saturated rings. The van der Waals surface area contributed by atoms with Crippen LogP contribution in [0.5, 0.6) is 5.75 Å². The van der Waals surface area contributed by atoms with Crippen LogP contribution >= 0.6 is 11.3 Å². The maximum Gasteiger partial charge on any atom is 0.252 e. The van der Waals surface area contributed by atoms with Crippen molar-refractivity contribution in [1.82, 2.24) is 9.21 Å². The lowest BCUT2D eigenvalue weighted by Crippen LogP contribution is -2.52. The molecule has 4 rings (SSSR count). The lowest BCUT2D eigenvalue weighted by atomic mass is 10.1. The van der Waals surface area contributed by atoms with Gasteiger partial charge in [0.2, 0.25) is 11.8 Å². The second-order valence-electron chi connectivity index (χ2n) is 7.27. The third-order valence-corrected chi connectivity index (χ3v) is 8.75. The van der Waals surface area contributed by atoms with Crippen molar-refractivity contribution in [2.24, 2.45) is 5.92 Å². The molecule has 2 saturated heterocycles. The van der Waals surface area contributed by atoms with Gasteiger partial charge in [-0.1, -0.05) is 12.1 Å². The average Bonchev–Trinajstić information content (AvgIpc) is 3.44. The van der Waals surface area contributed by atoms with Crippen LogP contribution in [-0.2, 0) is 19.6 Å². The van der Waals surface area contributed by atoms with E-state index < -0.39 is 15.9 Å². The number of ether oxygens (including phenoxy) is 1. The summed E-state index contributed by atoms with van der Waals surface area (Å²) in [5.41, 5.74) is 0.710. The highest BCUT2D eigenvalue weighted by Crippen LogP contribution is 2.29. The number of rotatable bonds is 5. The molecule has 0 saturated carbocycles. The largest absolute Gasteiger partial charge is 0.497 e. The molecule has 1 aromatic heterocycles. The van der Waals surface area contributed by atoms with E-state index in [2.05, 4.69) is 0 Å². The minimum absolute atomic E-state index is 0.0954. The molecule has 0 unspecified atom stereocenters. The number of methoxy groups -OCH3 is 1. The summed E-state index contributed by atoms with van der Waals surface area (Å²) in [5.74, 6) is 0.0322. The first-order chi connectivity index (χ1) is 14.4. The number of nitrogens with zero attached hydrogens (tertiary/aromatic N) is 3. The van der Waals surface area contributed by atoms with Crippen LogP contribution in [0.25, 0.3) is 0 Å². The van der Waals surface area contributed by atoms with Crippen LogP contribution in [0.15, 0.2) is 46.0 Å².